The maximum atomic E-state index is 10.2. The van der Waals surface area contributed by atoms with E-state index in [1.165, 1.54) is 55.3 Å². The summed E-state index contributed by atoms with van der Waals surface area (Å²) in [6, 6.07) is 61.7. The van der Waals surface area contributed by atoms with Gasteiger partial charge in [-0.3, -0.25) is 0 Å². The molecule has 1 heterocycles. The Morgan fingerprint density at radius 2 is 1.16 bits per heavy atom. The Morgan fingerprint density at radius 1 is 0.509 bits per heavy atom. The van der Waals surface area contributed by atoms with Crippen LogP contribution in [-0.2, 0) is 10.8 Å². The predicted molar refractivity (Wildman–Crippen MR) is 226 cm³/mol. The molecular weight excluding hydrogens is 669 g/mol. The number of rotatable bonds is 3. The Kier molecular flexibility index (Phi) is 6.50. The zero-order valence-corrected chi connectivity index (χ0v) is 30.9. The number of hydrogen-bond donors (Lipinski definition) is 0. The van der Waals surface area contributed by atoms with Gasteiger partial charge in [-0.1, -0.05) is 124 Å². The van der Waals surface area contributed by atoms with E-state index in [2.05, 4.69) is 177 Å². The van der Waals surface area contributed by atoms with E-state index in [0.29, 0.717) is 5.56 Å². The number of para-hydroxylation sites is 1. The Hall–Kier alpha value is -6.89. The lowest BCUT2D eigenvalue weighted by atomic mass is 9.70. The molecule has 3 heteroatoms. The van der Waals surface area contributed by atoms with Gasteiger partial charge in [0.2, 0.25) is 0 Å². The summed E-state index contributed by atoms with van der Waals surface area (Å²) in [4.78, 5) is 2.36. The van der Waals surface area contributed by atoms with Crippen LogP contribution in [0.25, 0.3) is 55.0 Å². The molecule has 0 N–H and O–H groups in total. The van der Waals surface area contributed by atoms with Crippen LogP contribution in [0.1, 0.15) is 54.2 Å². The molecule has 0 radical (unpaired) electrons. The van der Waals surface area contributed by atoms with Crippen molar-refractivity contribution in [2.24, 2.45) is 0 Å². The summed E-state index contributed by atoms with van der Waals surface area (Å²) in [6.45, 7) is 6.77. The summed E-state index contributed by atoms with van der Waals surface area (Å²) >= 11 is 0. The zero-order valence-electron chi connectivity index (χ0n) is 30.9. The summed E-state index contributed by atoms with van der Waals surface area (Å²) < 4.78 is 6.45. The zero-order chi connectivity index (χ0) is 37.1. The predicted octanol–water partition coefficient (Wildman–Crippen LogP) is 13.7. The first-order valence-electron chi connectivity index (χ1n) is 19.0. The van der Waals surface area contributed by atoms with Crippen molar-refractivity contribution in [1.29, 1.82) is 5.26 Å². The smallest absolute Gasteiger partial charge is 0.137 e. The topological polar surface area (TPSA) is 40.2 Å². The fourth-order valence-corrected chi connectivity index (χ4v) is 9.56. The van der Waals surface area contributed by atoms with Crippen LogP contribution in [-0.4, -0.2) is 0 Å². The maximum absolute atomic E-state index is 10.2. The van der Waals surface area contributed by atoms with Gasteiger partial charge in [0.1, 0.15) is 11.2 Å². The molecule has 0 amide bonds. The third-order valence-electron chi connectivity index (χ3n) is 12.1. The third-order valence-corrected chi connectivity index (χ3v) is 12.1. The Balaban J connectivity index is 1.20. The van der Waals surface area contributed by atoms with Gasteiger partial charge in [-0.15, -0.1) is 0 Å². The highest BCUT2D eigenvalue weighted by atomic mass is 16.3. The van der Waals surface area contributed by atoms with Gasteiger partial charge >= 0.3 is 0 Å². The van der Waals surface area contributed by atoms with Crippen molar-refractivity contribution >= 4 is 49.8 Å². The van der Waals surface area contributed by atoms with Gasteiger partial charge in [0.25, 0.3) is 0 Å². The molecule has 1 spiro atoms. The van der Waals surface area contributed by atoms with Crippen molar-refractivity contribution in [1.82, 2.24) is 0 Å². The molecule has 11 rings (SSSR count). The molecule has 0 fully saturated rings. The molecule has 2 aliphatic carbocycles. The summed E-state index contributed by atoms with van der Waals surface area (Å²) in [6.07, 6.45) is 0. The first-order valence-corrected chi connectivity index (χ1v) is 19.0. The van der Waals surface area contributed by atoms with Crippen LogP contribution in [0.2, 0.25) is 0 Å². The molecule has 0 saturated carbocycles. The Morgan fingerprint density at radius 3 is 1.98 bits per heavy atom. The SMILES string of the molecule is CC(C)(C)c1ccc(N(c2ccc3c(c2)C2(c4cc(C#N)ccc4-3)c3ccccc3-c3c2ccc2ccccc32)c2ccc3c(c2)oc2ccccc23)cc1. The molecule has 1 atom stereocenters. The van der Waals surface area contributed by atoms with Gasteiger partial charge in [-0.25, -0.2) is 0 Å². The molecule has 0 saturated heterocycles. The summed E-state index contributed by atoms with van der Waals surface area (Å²) in [5, 5.41) is 14.9. The third kappa shape index (κ3) is 4.37. The number of hydrogen-bond acceptors (Lipinski definition) is 3. The van der Waals surface area contributed by atoms with E-state index in [1.807, 2.05) is 18.2 Å². The normalized spacial score (nSPS) is 15.2. The van der Waals surface area contributed by atoms with Crippen LogP contribution in [0.4, 0.5) is 17.1 Å². The standard InChI is InChI=1S/C52H36N2O/c1-51(2,3)34-18-20-35(21-19-34)54(37-23-26-42-41-12-7-9-15-48(41)55-49(42)30-37)36-22-25-40-39-24-16-32(31-53)28-46(39)52(47(40)29-36)44-14-8-6-13-43(44)50-38-11-5-4-10-33(38)17-27-45(50)52/h4-30H,1-3H3. The molecule has 1 aromatic heterocycles. The van der Waals surface area contributed by atoms with Crippen LogP contribution >= 0.6 is 0 Å². The Labute approximate surface area is 320 Å². The van der Waals surface area contributed by atoms with Crippen molar-refractivity contribution in [2.45, 2.75) is 31.6 Å². The number of benzene rings is 8. The van der Waals surface area contributed by atoms with Gasteiger partial charge in [0, 0.05) is 33.9 Å². The van der Waals surface area contributed by atoms with Crippen LogP contribution in [0.15, 0.2) is 168 Å². The van der Waals surface area contributed by atoms with Crippen LogP contribution in [0.5, 0.6) is 0 Å². The average Bonchev–Trinajstić information content (AvgIpc) is 3.84. The van der Waals surface area contributed by atoms with E-state index in [0.717, 1.165) is 44.6 Å². The van der Waals surface area contributed by atoms with Gasteiger partial charge < -0.3 is 9.32 Å². The number of nitrogens with zero attached hydrogens (tertiary/aromatic N) is 2. The first kappa shape index (κ1) is 31.6. The number of fused-ring (bicyclic) bond motifs is 15. The maximum Gasteiger partial charge on any atom is 0.137 e. The molecule has 3 nitrogen and oxygen atoms in total. The minimum Gasteiger partial charge on any atom is -0.456 e. The molecule has 1 unspecified atom stereocenters. The van der Waals surface area contributed by atoms with E-state index in [1.54, 1.807) is 0 Å². The fourth-order valence-electron chi connectivity index (χ4n) is 9.56. The number of anilines is 3. The van der Waals surface area contributed by atoms with E-state index >= 15 is 0 Å². The second-order valence-corrected chi connectivity index (χ2v) is 16.0. The van der Waals surface area contributed by atoms with Crippen molar-refractivity contribution < 1.29 is 4.42 Å². The average molecular weight is 705 g/mol. The van der Waals surface area contributed by atoms with Crippen molar-refractivity contribution in [3.05, 3.63) is 197 Å². The van der Waals surface area contributed by atoms with E-state index in [4.69, 9.17) is 4.42 Å². The second-order valence-electron chi connectivity index (χ2n) is 16.0. The van der Waals surface area contributed by atoms with Crippen molar-refractivity contribution in [3.63, 3.8) is 0 Å². The molecular formula is C52H36N2O. The van der Waals surface area contributed by atoms with E-state index < -0.39 is 5.41 Å². The highest BCUT2D eigenvalue weighted by Crippen LogP contribution is 2.64. The lowest BCUT2D eigenvalue weighted by Gasteiger charge is -2.32. The van der Waals surface area contributed by atoms with Gasteiger partial charge in [0.15, 0.2) is 0 Å². The van der Waals surface area contributed by atoms with Gasteiger partial charge in [-0.2, -0.15) is 5.26 Å². The molecule has 55 heavy (non-hydrogen) atoms. The van der Waals surface area contributed by atoms with Gasteiger partial charge in [-0.05, 0) is 121 Å². The number of nitriles is 1. The molecule has 260 valence electrons. The van der Waals surface area contributed by atoms with Crippen LogP contribution in [0, 0.1) is 11.3 Å². The minimum absolute atomic E-state index is 0.0258. The molecule has 0 bridgehead atoms. The largest absolute Gasteiger partial charge is 0.456 e. The van der Waals surface area contributed by atoms with Crippen molar-refractivity contribution in [2.75, 3.05) is 4.90 Å². The number of furan rings is 1. The Bertz CT molecular complexity index is 3100. The van der Waals surface area contributed by atoms with E-state index in [9.17, 15) is 5.26 Å². The van der Waals surface area contributed by atoms with Crippen LogP contribution < -0.4 is 4.90 Å². The highest BCUT2D eigenvalue weighted by molar-refractivity contribution is 6.08. The highest BCUT2D eigenvalue weighted by Gasteiger charge is 2.52. The monoisotopic (exact) mass is 704 g/mol. The fraction of sp³-hybridized carbons (Fsp3) is 0.0962. The van der Waals surface area contributed by atoms with Crippen molar-refractivity contribution in [3.8, 4) is 28.3 Å². The summed E-state index contributed by atoms with van der Waals surface area (Å²) in [5.74, 6) is 0. The summed E-state index contributed by atoms with van der Waals surface area (Å²) in [5.41, 5.74) is 16.0. The second kappa shape index (κ2) is 11.3. The van der Waals surface area contributed by atoms with Gasteiger partial charge in [0.05, 0.1) is 17.0 Å². The lowest BCUT2D eigenvalue weighted by molar-refractivity contribution is 0.590. The quantitative estimate of drug-likeness (QED) is 0.184. The molecule has 2 aliphatic rings. The molecule has 8 aromatic carbocycles. The van der Waals surface area contributed by atoms with E-state index in [-0.39, 0.29) is 5.41 Å². The first-order chi connectivity index (χ1) is 26.8. The lowest BCUT2D eigenvalue weighted by Crippen LogP contribution is -2.26. The summed E-state index contributed by atoms with van der Waals surface area (Å²) in [7, 11) is 0. The van der Waals surface area contributed by atoms with Crippen LogP contribution in [0.3, 0.4) is 0 Å². The molecule has 0 aliphatic heterocycles. The minimum atomic E-state index is -0.617. The molecule has 9 aromatic rings.